The third kappa shape index (κ3) is 4.71. The summed E-state index contributed by atoms with van der Waals surface area (Å²) < 4.78 is 74.1. The molecule has 2 aromatic rings. The summed E-state index contributed by atoms with van der Waals surface area (Å²) in [7, 11) is 0.888. The van der Waals surface area contributed by atoms with E-state index >= 15 is 0 Å². The summed E-state index contributed by atoms with van der Waals surface area (Å²) in [4.78, 5) is 15.3. The third-order valence-corrected chi connectivity index (χ3v) is 4.42. The zero-order valence-electron chi connectivity index (χ0n) is 15.6. The highest BCUT2D eigenvalue weighted by molar-refractivity contribution is 6.33. The Balaban J connectivity index is 1.81. The van der Waals surface area contributed by atoms with Gasteiger partial charge >= 0.3 is 12.5 Å². The van der Waals surface area contributed by atoms with E-state index in [0.717, 1.165) is 7.05 Å². The summed E-state index contributed by atoms with van der Waals surface area (Å²) in [5, 5.41) is 2.38. The summed E-state index contributed by atoms with van der Waals surface area (Å²) in [6.45, 7) is 0. The normalized spacial score (nSPS) is 15.7. The Labute approximate surface area is 177 Å². The van der Waals surface area contributed by atoms with Crippen LogP contribution in [-0.4, -0.2) is 31.1 Å². The van der Waals surface area contributed by atoms with Gasteiger partial charge in [0.05, 0.1) is 10.6 Å². The Bertz CT molecular complexity index is 1080. The van der Waals surface area contributed by atoms with Crippen LogP contribution >= 0.6 is 11.6 Å². The molecule has 2 aromatic carbocycles. The molecule has 0 radical (unpaired) electrons. The van der Waals surface area contributed by atoms with Crippen LogP contribution in [0.15, 0.2) is 53.2 Å². The van der Waals surface area contributed by atoms with Crippen molar-refractivity contribution in [1.29, 1.82) is 0 Å². The van der Waals surface area contributed by atoms with E-state index in [1.165, 1.54) is 36.4 Å². The van der Waals surface area contributed by atoms with E-state index < -0.39 is 29.7 Å². The van der Waals surface area contributed by atoms with Gasteiger partial charge in [0.15, 0.2) is 17.2 Å². The van der Waals surface area contributed by atoms with Crippen molar-refractivity contribution in [2.45, 2.75) is 12.5 Å². The number of alkyl halides is 5. The largest absolute Gasteiger partial charge is 0.586 e. The number of halogens is 6. The molecule has 0 aliphatic carbocycles. The van der Waals surface area contributed by atoms with Crippen LogP contribution in [0.5, 0.6) is 11.5 Å². The predicted molar refractivity (Wildman–Crippen MR) is 103 cm³/mol. The van der Waals surface area contributed by atoms with Crippen molar-refractivity contribution in [3.05, 3.63) is 53.2 Å². The molecular weight excluding hydrogens is 449 g/mol. The fourth-order valence-electron chi connectivity index (χ4n) is 2.79. The number of rotatable bonds is 4. The first-order valence-corrected chi connectivity index (χ1v) is 8.80. The second-order valence-electron chi connectivity index (χ2n) is 6.13. The molecular formula is C19H13ClF5N3O3. The van der Waals surface area contributed by atoms with Gasteiger partial charge in [-0.25, -0.2) is 0 Å². The van der Waals surface area contributed by atoms with Gasteiger partial charge in [0.2, 0.25) is 0 Å². The lowest BCUT2D eigenvalue weighted by molar-refractivity contribution is -0.286. The molecule has 1 amide bonds. The minimum absolute atomic E-state index is 0.0964. The second-order valence-corrected chi connectivity index (χ2v) is 6.54. The predicted octanol–water partition coefficient (Wildman–Crippen LogP) is 4.74. The van der Waals surface area contributed by atoms with Crippen LogP contribution in [0.2, 0.25) is 5.02 Å². The van der Waals surface area contributed by atoms with Crippen LogP contribution in [0, 0.1) is 0 Å². The number of hydrogen-bond donors (Lipinski definition) is 2. The van der Waals surface area contributed by atoms with E-state index in [0.29, 0.717) is 17.3 Å². The number of benzene rings is 2. The fourth-order valence-corrected chi connectivity index (χ4v) is 3.05. The monoisotopic (exact) mass is 461 g/mol. The highest BCUT2D eigenvalue weighted by atomic mass is 35.5. The number of carbonyl (C=O) groups excluding carboxylic acids is 1. The fraction of sp³-hybridized carbons (Fsp3) is 0.158. The zero-order valence-corrected chi connectivity index (χ0v) is 16.3. The number of aliphatic imine (C=N–C) groups is 1. The Hall–Kier alpha value is -3.34. The number of nitrogens with two attached hydrogens (primary N) is 1. The molecule has 1 aliphatic rings. The van der Waals surface area contributed by atoms with E-state index in [-0.39, 0.29) is 22.2 Å². The molecule has 12 heteroatoms. The van der Waals surface area contributed by atoms with Gasteiger partial charge in [-0.05, 0) is 23.8 Å². The summed E-state index contributed by atoms with van der Waals surface area (Å²) in [5.41, 5.74) is 3.86. The van der Waals surface area contributed by atoms with E-state index in [4.69, 9.17) is 17.3 Å². The molecule has 31 heavy (non-hydrogen) atoms. The van der Waals surface area contributed by atoms with E-state index in [2.05, 4.69) is 19.8 Å². The molecule has 1 aliphatic heterocycles. The first-order valence-electron chi connectivity index (χ1n) is 8.42. The number of ether oxygens (including phenoxy) is 2. The van der Waals surface area contributed by atoms with E-state index in [1.54, 1.807) is 0 Å². The molecule has 6 nitrogen and oxygen atoms in total. The second kappa shape index (κ2) is 8.06. The molecule has 0 saturated heterocycles. The topological polar surface area (TPSA) is 85.9 Å². The van der Waals surface area contributed by atoms with Gasteiger partial charge in [-0.1, -0.05) is 23.7 Å². The molecule has 0 saturated carbocycles. The maximum absolute atomic E-state index is 13.2. The standard InChI is InChI=1S/C19H13ClF5N3O3/c1-27-16(18(21,22)23)12(8-26)17(29)28-10-4-2-9(3-5-10)11-6-14-15(7-13(11)20)31-19(24,25)30-14/h2-8H,26H2,1H3,(H,28,29)/b12-8+,27-16?. The lowest BCUT2D eigenvalue weighted by atomic mass is 10.0. The van der Waals surface area contributed by atoms with Gasteiger partial charge in [-0.15, -0.1) is 8.78 Å². The number of carbonyl (C=O) groups is 1. The van der Waals surface area contributed by atoms with Gasteiger partial charge in [-0.3, -0.25) is 9.79 Å². The lowest BCUT2D eigenvalue weighted by Crippen LogP contribution is -2.32. The summed E-state index contributed by atoms with van der Waals surface area (Å²) in [6.07, 6.45) is -8.15. The number of anilines is 1. The molecule has 1 heterocycles. The smallest absolute Gasteiger partial charge is 0.404 e. The Kier molecular flexibility index (Phi) is 5.81. The van der Waals surface area contributed by atoms with Crippen LogP contribution in [-0.2, 0) is 4.79 Å². The molecule has 3 rings (SSSR count). The number of nitrogens with one attached hydrogen (secondary N) is 1. The van der Waals surface area contributed by atoms with Gasteiger partial charge < -0.3 is 20.5 Å². The van der Waals surface area contributed by atoms with Crippen molar-refractivity contribution in [2.75, 3.05) is 12.4 Å². The third-order valence-electron chi connectivity index (χ3n) is 4.10. The quantitative estimate of drug-likeness (QED) is 0.391. The average molecular weight is 462 g/mol. The molecule has 0 spiro atoms. The minimum atomic E-state index is -4.87. The van der Waals surface area contributed by atoms with Crippen LogP contribution in [0.3, 0.4) is 0 Å². The summed E-state index contributed by atoms with van der Waals surface area (Å²) in [6, 6.07) is 8.14. The zero-order chi connectivity index (χ0) is 23.0. The van der Waals surface area contributed by atoms with Crippen molar-refractivity contribution < 1.29 is 36.2 Å². The average Bonchev–Trinajstić information content (AvgIpc) is 2.97. The Morgan fingerprint density at radius 2 is 1.74 bits per heavy atom. The van der Waals surface area contributed by atoms with Gasteiger partial charge in [0, 0.05) is 30.6 Å². The van der Waals surface area contributed by atoms with E-state index in [9.17, 15) is 26.7 Å². The van der Waals surface area contributed by atoms with E-state index in [1.807, 2.05) is 0 Å². The number of nitrogens with zero attached hydrogens (tertiary/aromatic N) is 1. The highest BCUT2D eigenvalue weighted by Crippen LogP contribution is 2.46. The summed E-state index contributed by atoms with van der Waals surface area (Å²) in [5.74, 6) is -1.55. The SMILES string of the molecule is CN=C(/C(=C\N)C(=O)Nc1ccc(-c2cc3c(cc2Cl)OC(F)(F)O3)cc1)C(F)(F)F. The van der Waals surface area contributed by atoms with Crippen molar-refractivity contribution in [2.24, 2.45) is 10.7 Å². The van der Waals surface area contributed by atoms with Crippen LogP contribution in [0.4, 0.5) is 27.6 Å². The lowest BCUT2D eigenvalue weighted by Gasteiger charge is -2.13. The van der Waals surface area contributed by atoms with Crippen molar-refractivity contribution in [3.63, 3.8) is 0 Å². The summed E-state index contributed by atoms with van der Waals surface area (Å²) >= 11 is 6.12. The molecule has 0 unspecified atom stereocenters. The van der Waals surface area contributed by atoms with Gasteiger partial charge in [-0.2, -0.15) is 13.2 Å². The molecule has 0 fully saturated rings. The van der Waals surface area contributed by atoms with Gasteiger partial charge in [0.25, 0.3) is 5.91 Å². The molecule has 0 atom stereocenters. The first-order chi connectivity index (χ1) is 14.4. The van der Waals surface area contributed by atoms with Crippen molar-refractivity contribution >= 4 is 28.9 Å². The number of amides is 1. The van der Waals surface area contributed by atoms with Crippen LogP contribution < -0.4 is 20.5 Å². The Morgan fingerprint density at radius 1 is 1.16 bits per heavy atom. The van der Waals surface area contributed by atoms with Crippen LogP contribution in [0.1, 0.15) is 0 Å². The Morgan fingerprint density at radius 3 is 2.26 bits per heavy atom. The molecule has 0 bridgehead atoms. The molecule has 164 valence electrons. The van der Waals surface area contributed by atoms with Crippen LogP contribution in [0.25, 0.3) is 11.1 Å². The minimum Gasteiger partial charge on any atom is -0.404 e. The number of fused-ring (bicyclic) bond motifs is 1. The van der Waals surface area contributed by atoms with Crippen molar-refractivity contribution in [3.8, 4) is 22.6 Å². The molecule has 3 N–H and O–H groups in total. The maximum atomic E-state index is 13.2. The maximum Gasteiger partial charge on any atom is 0.586 e. The first kappa shape index (κ1) is 22.3. The number of hydrogen-bond acceptors (Lipinski definition) is 5. The highest BCUT2D eigenvalue weighted by Gasteiger charge is 2.44. The van der Waals surface area contributed by atoms with Crippen molar-refractivity contribution in [1.82, 2.24) is 0 Å². The van der Waals surface area contributed by atoms with Gasteiger partial charge in [0.1, 0.15) is 0 Å². The molecule has 0 aromatic heterocycles.